The predicted octanol–water partition coefficient (Wildman–Crippen LogP) is 3.03. The lowest BCUT2D eigenvalue weighted by Crippen LogP contribution is -2.50. The zero-order valence-corrected chi connectivity index (χ0v) is 20.4. The van der Waals surface area contributed by atoms with E-state index in [4.69, 9.17) is 9.47 Å². The number of nitrogens with zero attached hydrogens (tertiary/aromatic N) is 2. The zero-order chi connectivity index (χ0) is 24.0. The summed E-state index contributed by atoms with van der Waals surface area (Å²) < 4.78 is 38.8. The Kier molecular flexibility index (Phi) is 8.07. The molecule has 2 saturated heterocycles. The van der Waals surface area contributed by atoms with Gasteiger partial charge in [-0.15, -0.1) is 0 Å². The molecule has 1 atom stereocenters. The zero-order valence-electron chi connectivity index (χ0n) is 19.6. The average molecular weight is 488 g/mol. The van der Waals surface area contributed by atoms with Gasteiger partial charge in [-0.05, 0) is 56.0 Å². The molecule has 8 nitrogen and oxygen atoms in total. The van der Waals surface area contributed by atoms with E-state index in [1.807, 2.05) is 31.2 Å². The highest BCUT2D eigenvalue weighted by atomic mass is 32.2. The summed E-state index contributed by atoms with van der Waals surface area (Å²) in [6.45, 7) is 5.05. The molecule has 184 valence electrons. The maximum Gasteiger partial charge on any atom is 0.241 e. The minimum atomic E-state index is -3.72. The third-order valence-corrected chi connectivity index (χ3v) is 7.95. The van der Waals surface area contributed by atoms with Gasteiger partial charge in [-0.1, -0.05) is 24.3 Å². The van der Waals surface area contributed by atoms with Gasteiger partial charge in [-0.25, -0.2) is 8.42 Å². The van der Waals surface area contributed by atoms with Crippen molar-refractivity contribution in [3.05, 3.63) is 54.1 Å². The van der Waals surface area contributed by atoms with Crippen molar-refractivity contribution in [2.24, 2.45) is 0 Å². The number of hydrogen-bond donors (Lipinski definition) is 1. The van der Waals surface area contributed by atoms with Crippen molar-refractivity contribution in [1.82, 2.24) is 4.31 Å². The molecule has 2 aliphatic rings. The topological polar surface area (TPSA) is 88.2 Å². The van der Waals surface area contributed by atoms with E-state index in [0.717, 1.165) is 31.6 Å². The highest BCUT2D eigenvalue weighted by molar-refractivity contribution is 7.89. The molecule has 1 unspecified atom stereocenters. The van der Waals surface area contributed by atoms with Crippen LogP contribution in [0.1, 0.15) is 24.8 Å². The van der Waals surface area contributed by atoms with Crippen molar-refractivity contribution >= 4 is 27.3 Å². The molecule has 2 heterocycles. The molecule has 0 radical (unpaired) electrons. The van der Waals surface area contributed by atoms with Gasteiger partial charge in [0.1, 0.15) is 18.1 Å². The van der Waals surface area contributed by atoms with E-state index in [1.165, 1.54) is 9.87 Å². The van der Waals surface area contributed by atoms with Crippen LogP contribution in [0.5, 0.6) is 5.75 Å². The van der Waals surface area contributed by atoms with Crippen molar-refractivity contribution in [3.8, 4) is 5.75 Å². The number of piperazine rings is 1. The molecule has 1 N–H and O–H groups in total. The first-order chi connectivity index (χ1) is 16.4. The summed E-state index contributed by atoms with van der Waals surface area (Å²) in [5, 5.41) is 2.71. The summed E-state index contributed by atoms with van der Waals surface area (Å²) >= 11 is 0. The number of amides is 1. The molecule has 0 saturated carbocycles. The van der Waals surface area contributed by atoms with Gasteiger partial charge < -0.3 is 19.7 Å². The molecular weight excluding hydrogens is 454 g/mol. The normalized spacial score (nSPS) is 19.6. The van der Waals surface area contributed by atoms with E-state index in [2.05, 4.69) is 16.3 Å². The van der Waals surface area contributed by atoms with Gasteiger partial charge >= 0.3 is 0 Å². The number of nitrogens with one attached hydrogen (secondary N) is 1. The number of aryl methyl sites for hydroxylation is 1. The molecule has 1 amide bonds. The van der Waals surface area contributed by atoms with Gasteiger partial charge in [0.05, 0.1) is 11.8 Å². The Labute approximate surface area is 201 Å². The molecule has 34 heavy (non-hydrogen) atoms. The summed E-state index contributed by atoms with van der Waals surface area (Å²) in [4.78, 5) is 14.8. The van der Waals surface area contributed by atoms with E-state index in [1.54, 1.807) is 18.2 Å². The molecule has 0 bridgehead atoms. The second-order valence-electron chi connectivity index (χ2n) is 8.83. The highest BCUT2D eigenvalue weighted by Gasteiger charge is 2.29. The van der Waals surface area contributed by atoms with Crippen LogP contribution in [-0.4, -0.2) is 69.9 Å². The second-order valence-corrected chi connectivity index (χ2v) is 10.8. The van der Waals surface area contributed by atoms with Crippen molar-refractivity contribution in [2.45, 2.75) is 32.3 Å². The highest BCUT2D eigenvalue weighted by Crippen LogP contribution is 2.25. The van der Waals surface area contributed by atoms with E-state index >= 15 is 0 Å². The van der Waals surface area contributed by atoms with Crippen LogP contribution in [0.25, 0.3) is 0 Å². The monoisotopic (exact) mass is 487 g/mol. The van der Waals surface area contributed by atoms with Crippen LogP contribution >= 0.6 is 0 Å². The van der Waals surface area contributed by atoms with Crippen LogP contribution in [0.4, 0.5) is 11.4 Å². The SMILES string of the molecule is Cc1cccc(N2CCN(S(=O)(=O)CC(=O)Nc3ccccc3OCC3CCCCO3)CC2)c1. The molecule has 0 aliphatic carbocycles. The molecule has 2 fully saturated rings. The van der Waals surface area contributed by atoms with E-state index in [0.29, 0.717) is 44.2 Å². The lowest BCUT2D eigenvalue weighted by molar-refractivity contribution is -0.114. The van der Waals surface area contributed by atoms with Gasteiger partial charge in [0.15, 0.2) is 0 Å². The molecule has 2 aliphatic heterocycles. The van der Waals surface area contributed by atoms with Crippen LogP contribution in [0.15, 0.2) is 48.5 Å². The number of sulfonamides is 1. The molecule has 2 aromatic rings. The number of anilines is 2. The van der Waals surface area contributed by atoms with Crippen LogP contribution in [-0.2, 0) is 19.6 Å². The van der Waals surface area contributed by atoms with Crippen molar-refractivity contribution in [2.75, 3.05) is 55.4 Å². The van der Waals surface area contributed by atoms with Gasteiger partial charge in [0.2, 0.25) is 15.9 Å². The number of hydrogen-bond acceptors (Lipinski definition) is 6. The van der Waals surface area contributed by atoms with Crippen molar-refractivity contribution < 1.29 is 22.7 Å². The Bertz CT molecular complexity index is 1080. The fourth-order valence-electron chi connectivity index (χ4n) is 4.31. The number of para-hydroxylation sites is 2. The second kappa shape index (κ2) is 11.2. The molecule has 9 heteroatoms. The summed E-state index contributed by atoms with van der Waals surface area (Å²) in [5.41, 5.74) is 2.72. The average Bonchev–Trinajstić information content (AvgIpc) is 2.84. The van der Waals surface area contributed by atoms with Crippen molar-refractivity contribution in [3.63, 3.8) is 0 Å². The number of carbonyl (C=O) groups excluding carboxylic acids is 1. The Morgan fingerprint density at radius 2 is 1.88 bits per heavy atom. The fourth-order valence-corrected chi connectivity index (χ4v) is 5.62. The first-order valence-corrected chi connectivity index (χ1v) is 13.4. The molecule has 0 spiro atoms. The Morgan fingerprint density at radius 1 is 1.09 bits per heavy atom. The predicted molar refractivity (Wildman–Crippen MR) is 133 cm³/mol. The van der Waals surface area contributed by atoms with Gasteiger partial charge in [-0.3, -0.25) is 4.79 Å². The summed E-state index contributed by atoms with van der Waals surface area (Å²) in [7, 11) is -3.72. The van der Waals surface area contributed by atoms with Gasteiger partial charge in [0.25, 0.3) is 0 Å². The lowest BCUT2D eigenvalue weighted by Gasteiger charge is -2.35. The molecule has 4 rings (SSSR count). The summed E-state index contributed by atoms with van der Waals surface area (Å²) in [6, 6.07) is 15.2. The third-order valence-electron chi connectivity index (χ3n) is 6.17. The molecule has 0 aromatic heterocycles. The summed E-state index contributed by atoms with van der Waals surface area (Å²) in [5.74, 6) is -0.669. The maximum atomic E-state index is 12.9. The number of benzene rings is 2. The fraction of sp³-hybridized carbons (Fsp3) is 0.480. The standard InChI is InChI=1S/C25H33N3O5S/c1-20-7-6-8-21(17-20)27-12-14-28(15-13-27)34(30,31)19-25(29)26-23-10-2-3-11-24(23)33-18-22-9-4-5-16-32-22/h2-3,6-8,10-11,17,22H,4-5,9,12-16,18-19H2,1H3,(H,26,29). The first-order valence-electron chi connectivity index (χ1n) is 11.8. The van der Waals surface area contributed by atoms with E-state index in [9.17, 15) is 13.2 Å². The van der Waals surface area contributed by atoms with Gasteiger partial charge in [-0.2, -0.15) is 4.31 Å². The van der Waals surface area contributed by atoms with Crippen LogP contribution in [0, 0.1) is 6.92 Å². The van der Waals surface area contributed by atoms with E-state index in [-0.39, 0.29) is 6.10 Å². The Hall–Kier alpha value is -2.62. The maximum absolute atomic E-state index is 12.9. The first kappa shape index (κ1) is 24.5. The quantitative estimate of drug-likeness (QED) is 0.616. The van der Waals surface area contributed by atoms with Crippen LogP contribution in [0.2, 0.25) is 0 Å². The lowest BCUT2D eigenvalue weighted by atomic mass is 10.1. The number of ether oxygens (including phenoxy) is 2. The third kappa shape index (κ3) is 6.49. The minimum Gasteiger partial charge on any atom is -0.489 e. The van der Waals surface area contributed by atoms with Crippen LogP contribution in [0.3, 0.4) is 0 Å². The summed E-state index contributed by atoms with van der Waals surface area (Å²) in [6.07, 6.45) is 3.17. The Balaban J connectivity index is 1.30. The number of rotatable bonds is 8. The largest absolute Gasteiger partial charge is 0.489 e. The van der Waals surface area contributed by atoms with Crippen molar-refractivity contribution in [1.29, 1.82) is 0 Å². The smallest absolute Gasteiger partial charge is 0.241 e. The van der Waals surface area contributed by atoms with E-state index < -0.39 is 21.7 Å². The Morgan fingerprint density at radius 3 is 2.62 bits per heavy atom. The minimum absolute atomic E-state index is 0.0383. The number of carbonyl (C=O) groups is 1. The molecular formula is C25H33N3O5S. The van der Waals surface area contributed by atoms with Gasteiger partial charge in [0, 0.05) is 38.5 Å². The molecule has 2 aromatic carbocycles. The van der Waals surface area contributed by atoms with Crippen LogP contribution < -0.4 is 15.0 Å².